The highest BCUT2D eigenvalue weighted by atomic mass is 31.2. The number of aliphatic hydroxyl groups excluding tert-OH is 1. The lowest BCUT2D eigenvalue weighted by atomic mass is 10.0. The average Bonchev–Trinajstić information content (AvgIpc) is 0.912. The third-order valence-corrected chi connectivity index (χ3v) is 21.4. The van der Waals surface area contributed by atoms with Crippen molar-refractivity contribution >= 4 is 39.5 Å². The Morgan fingerprint density at radius 1 is 0.265 bits per heavy atom. The molecule has 3 N–H and O–H groups in total. The molecule has 0 amide bonds. The van der Waals surface area contributed by atoms with Crippen molar-refractivity contribution in [1.82, 2.24) is 0 Å². The maximum absolute atomic E-state index is 13.1. The number of rotatable bonds is 83. The first-order valence-corrected chi connectivity index (χ1v) is 46.1. The van der Waals surface area contributed by atoms with Crippen LogP contribution in [0.3, 0.4) is 0 Å². The van der Waals surface area contributed by atoms with E-state index in [1.165, 1.54) is 270 Å². The Kier molecular flexibility index (Phi) is 74.4. The van der Waals surface area contributed by atoms with Crippen LogP contribution >= 0.6 is 15.6 Å². The van der Waals surface area contributed by atoms with Crippen LogP contribution in [0.25, 0.3) is 0 Å². The van der Waals surface area contributed by atoms with Gasteiger partial charge in [-0.05, 0) is 31.6 Å². The number of hydrogen-bond acceptors (Lipinski definition) is 15. The first kappa shape index (κ1) is 100. The van der Waals surface area contributed by atoms with E-state index in [1.54, 1.807) is 0 Å². The topological polar surface area (TPSA) is 237 Å². The third kappa shape index (κ3) is 76.3. The normalized spacial score (nSPS) is 13.8. The van der Waals surface area contributed by atoms with Crippen LogP contribution in [0.2, 0.25) is 0 Å². The van der Waals surface area contributed by atoms with E-state index in [2.05, 4.69) is 34.6 Å². The van der Waals surface area contributed by atoms with Gasteiger partial charge in [0.15, 0.2) is 12.2 Å². The SMILES string of the molecule is CCCCCCCCCCCCCCCCCCCCCCC(=O)OC[C@H](COP(=O)(O)OC[C@@H](O)COP(=O)(O)OC[C@@H](COC(=O)CCCCCCCCCCC)OC(=O)CCCCCCCCCCCCCC)OC(=O)CCCCCCCCCCCCCCCCCCCCC(C)C. The summed E-state index contributed by atoms with van der Waals surface area (Å²) in [6.45, 7) is 7.36. The summed E-state index contributed by atoms with van der Waals surface area (Å²) in [5, 5.41) is 10.6. The molecule has 0 radical (unpaired) electrons. The zero-order valence-electron chi connectivity index (χ0n) is 66.8. The summed E-state index contributed by atoms with van der Waals surface area (Å²) in [7, 11) is -9.92. The quantitative estimate of drug-likeness (QED) is 0.0222. The van der Waals surface area contributed by atoms with E-state index in [1.807, 2.05) is 0 Å². The Bertz CT molecular complexity index is 1940. The number of hydrogen-bond donors (Lipinski definition) is 3. The second-order valence-corrected chi connectivity index (χ2v) is 33.3. The summed E-state index contributed by atoms with van der Waals surface area (Å²) in [5.74, 6) is -1.28. The smallest absolute Gasteiger partial charge is 0.462 e. The molecule has 0 saturated heterocycles. The maximum Gasteiger partial charge on any atom is 0.472 e. The number of unbranched alkanes of at least 4 members (excludes halogenated alkanes) is 55. The van der Waals surface area contributed by atoms with E-state index in [9.17, 15) is 43.2 Å². The molecule has 606 valence electrons. The van der Waals surface area contributed by atoms with Crippen LogP contribution in [0.1, 0.15) is 446 Å². The van der Waals surface area contributed by atoms with Crippen molar-refractivity contribution in [2.24, 2.45) is 5.92 Å². The van der Waals surface area contributed by atoms with Crippen LogP contribution in [0.5, 0.6) is 0 Å². The Labute approximate surface area is 626 Å². The Balaban J connectivity index is 5.18. The van der Waals surface area contributed by atoms with Gasteiger partial charge in [0, 0.05) is 25.7 Å². The van der Waals surface area contributed by atoms with Crippen LogP contribution in [0.4, 0.5) is 0 Å². The van der Waals surface area contributed by atoms with Crippen molar-refractivity contribution in [2.75, 3.05) is 39.6 Å². The number of ether oxygens (including phenoxy) is 4. The summed E-state index contributed by atoms with van der Waals surface area (Å²) in [5.41, 5.74) is 0. The van der Waals surface area contributed by atoms with Gasteiger partial charge in [-0.25, -0.2) is 9.13 Å². The predicted octanol–water partition coefficient (Wildman–Crippen LogP) is 25.2. The molecule has 5 atom stereocenters. The predicted molar refractivity (Wildman–Crippen MR) is 418 cm³/mol. The summed E-state index contributed by atoms with van der Waals surface area (Å²) in [6, 6.07) is 0. The number of carbonyl (C=O) groups is 4. The molecular weight excluding hydrogens is 1330 g/mol. The fraction of sp³-hybridized carbons (Fsp3) is 0.952. The highest BCUT2D eigenvalue weighted by Gasteiger charge is 2.30. The molecule has 17 nitrogen and oxygen atoms in total. The molecule has 0 aliphatic carbocycles. The van der Waals surface area contributed by atoms with Gasteiger partial charge in [-0.15, -0.1) is 0 Å². The highest BCUT2D eigenvalue weighted by molar-refractivity contribution is 7.47. The minimum atomic E-state index is -4.96. The van der Waals surface area contributed by atoms with Crippen molar-refractivity contribution < 1.29 is 80.2 Å². The second-order valence-electron chi connectivity index (χ2n) is 30.3. The van der Waals surface area contributed by atoms with E-state index in [0.29, 0.717) is 25.7 Å². The largest absolute Gasteiger partial charge is 0.472 e. The summed E-state index contributed by atoms with van der Waals surface area (Å²) in [6.07, 6.45) is 68.1. The van der Waals surface area contributed by atoms with Crippen molar-refractivity contribution in [2.45, 2.75) is 464 Å². The van der Waals surface area contributed by atoms with E-state index in [-0.39, 0.29) is 25.7 Å². The molecule has 19 heteroatoms. The van der Waals surface area contributed by atoms with Crippen LogP contribution in [0.15, 0.2) is 0 Å². The van der Waals surface area contributed by atoms with E-state index in [0.717, 1.165) is 95.8 Å². The molecule has 0 heterocycles. The fourth-order valence-corrected chi connectivity index (χ4v) is 14.5. The van der Waals surface area contributed by atoms with Crippen LogP contribution in [-0.2, 0) is 65.4 Å². The second kappa shape index (κ2) is 75.9. The van der Waals surface area contributed by atoms with Gasteiger partial charge in [-0.1, -0.05) is 394 Å². The molecular formula is C83H162O17P2. The van der Waals surface area contributed by atoms with E-state index < -0.39 is 97.5 Å². The molecule has 0 aromatic rings. The first-order valence-electron chi connectivity index (χ1n) is 43.1. The molecule has 0 spiro atoms. The van der Waals surface area contributed by atoms with Gasteiger partial charge < -0.3 is 33.8 Å². The Morgan fingerprint density at radius 2 is 0.451 bits per heavy atom. The van der Waals surface area contributed by atoms with Crippen molar-refractivity contribution in [3.05, 3.63) is 0 Å². The molecule has 0 saturated carbocycles. The number of aliphatic hydroxyl groups is 1. The molecule has 0 bridgehead atoms. The van der Waals surface area contributed by atoms with Gasteiger partial charge in [0.1, 0.15) is 19.3 Å². The zero-order valence-corrected chi connectivity index (χ0v) is 68.5. The van der Waals surface area contributed by atoms with Gasteiger partial charge in [-0.2, -0.15) is 0 Å². The molecule has 0 aromatic heterocycles. The number of carbonyl (C=O) groups excluding carboxylic acids is 4. The minimum absolute atomic E-state index is 0.108. The van der Waals surface area contributed by atoms with Gasteiger partial charge in [0.2, 0.25) is 0 Å². The van der Waals surface area contributed by atoms with E-state index >= 15 is 0 Å². The maximum atomic E-state index is 13.1. The Morgan fingerprint density at radius 3 is 0.667 bits per heavy atom. The van der Waals surface area contributed by atoms with Gasteiger partial charge in [0.05, 0.1) is 26.4 Å². The summed E-state index contributed by atoms with van der Waals surface area (Å²) in [4.78, 5) is 73.0. The fourth-order valence-electron chi connectivity index (χ4n) is 12.9. The Hall–Kier alpha value is -1.94. The lowest BCUT2D eigenvalue weighted by Gasteiger charge is -2.21. The lowest BCUT2D eigenvalue weighted by molar-refractivity contribution is -0.161. The minimum Gasteiger partial charge on any atom is -0.462 e. The van der Waals surface area contributed by atoms with Gasteiger partial charge in [0.25, 0.3) is 0 Å². The first-order chi connectivity index (χ1) is 49.5. The molecule has 0 rings (SSSR count). The standard InChI is InChI=1S/C83H162O17P2/c1-6-9-12-15-18-21-23-25-26-27-28-29-33-36-39-43-47-52-57-62-67-81(86)94-73-79(100-83(88)69-64-59-54-49-44-40-37-34-31-30-32-35-38-41-46-50-55-60-65-76(4)5)75-98-102(91,92)96-71-77(84)70-95-101(89,90)97-74-78(72-93-80(85)66-61-56-51-45-20-17-14-11-8-3)99-82(87)68-63-58-53-48-42-24-22-19-16-13-10-7-2/h76-79,84H,6-75H2,1-5H3,(H,89,90)(H,91,92)/t77-,78+,79+/m0/s1. The molecule has 102 heavy (non-hydrogen) atoms. The monoisotopic (exact) mass is 1490 g/mol. The number of esters is 4. The number of phosphoric acid groups is 2. The van der Waals surface area contributed by atoms with Crippen molar-refractivity contribution in [1.29, 1.82) is 0 Å². The van der Waals surface area contributed by atoms with Gasteiger partial charge in [-0.3, -0.25) is 37.3 Å². The third-order valence-electron chi connectivity index (χ3n) is 19.5. The van der Waals surface area contributed by atoms with E-state index in [4.69, 9.17) is 37.0 Å². The van der Waals surface area contributed by atoms with Crippen molar-refractivity contribution in [3.8, 4) is 0 Å². The van der Waals surface area contributed by atoms with Gasteiger partial charge >= 0.3 is 39.5 Å². The lowest BCUT2D eigenvalue weighted by Crippen LogP contribution is -2.30. The van der Waals surface area contributed by atoms with Crippen LogP contribution in [-0.4, -0.2) is 96.7 Å². The van der Waals surface area contributed by atoms with Crippen molar-refractivity contribution in [3.63, 3.8) is 0 Å². The zero-order chi connectivity index (χ0) is 74.8. The highest BCUT2D eigenvalue weighted by Crippen LogP contribution is 2.45. The number of phosphoric ester groups is 2. The molecule has 2 unspecified atom stereocenters. The molecule has 0 fully saturated rings. The molecule has 0 aromatic carbocycles. The average molecular weight is 1490 g/mol. The summed E-state index contributed by atoms with van der Waals surface area (Å²) < 4.78 is 68.7. The van der Waals surface area contributed by atoms with Crippen LogP contribution in [0, 0.1) is 5.92 Å². The molecule has 0 aliphatic heterocycles. The summed E-state index contributed by atoms with van der Waals surface area (Å²) >= 11 is 0. The molecule has 0 aliphatic rings. The van der Waals surface area contributed by atoms with Crippen LogP contribution < -0.4 is 0 Å².